The number of benzene rings is 1. The number of aromatic nitrogens is 5. The molecule has 0 bridgehead atoms. The molecular formula is C13H14N6. The number of hydrogen-bond acceptors (Lipinski definition) is 5. The lowest BCUT2D eigenvalue weighted by atomic mass is 10.3. The van der Waals surface area contributed by atoms with E-state index in [-0.39, 0.29) is 6.04 Å². The molecule has 6 nitrogen and oxygen atoms in total. The van der Waals surface area contributed by atoms with E-state index in [1.54, 1.807) is 12.5 Å². The fourth-order valence-electron chi connectivity index (χ4n) is 2.00. The first-order valence-corrected chi connectivity index (χ1v) is 6.06. The van der Waals surface area contributed by atoms with Crippen LogP contribution in [-0.2, 0) is 7.05 Å². The van der Waals surface area contributed by atoms with Crippen molar-refractivity contribution in [3.63, 3.8) is 0 Å². The zero-order valence-electron chi connectivity index (χ0n) is 10.8. The maximum atomic E-state index is 4.52. The van der Waals surface area contributed by atoms with E-state index < -0.39 is 0 Å². The molecule has 2 aromatic heterocycles. The first-order valence-electron chi connectivity index (χ1n) is 6.06. The summed E-state index contributed by atoms with van der Waals surface area (Å²) >= 11 is 0. The molecule has 0 spiro atoms. The zero-order valence-corrected chi connectivity index (χ0v) is 10.8. The van der Waals surface area contributed by atoms with Crippen LogP contribution in [0, 0.1) is 0 Å². The van der Waals surface area contributed by atoms with Crippen molar-refractivity contribution in [1.82, 2.24) is 24.7 Å². The summed E-state index contributed by atoms with van der Waals surface area (Å²) in [6.07, 6.45) is 3.41. The van der Waals surface area contributed by atoms with Crippen LogP contribution < -0.4 is 5.32 Å². The van der Waals surface area contributed by atoms with E-state index in [9.17, 15) is 0 Å². The van der Waals surface area contributed by atoms with Crippen LogP contribution >= 0.6 is 0 Å². The molecule has 1 unspecified atom stereocenters. The molecule has 0 fully saturated rings. The molecule has 0 aliphatic carbocycles. The van der Waals surface area contributed by atoms with Gasteiger partial charge in [0.25, 0.3) is 0 Å². The molecule has 2 heterocycles. The fraction of sp³-hybridized carbons (Fsp3) is 0.231. The Morgan fingerprint density at radius 3 is 2.74 bits per heavy atom. The molecule has 1 aromatic carbocycles. The van der Waals surface area contributed by atoms with Crippen LogP contribution in [0.5, 0.6) is 0 Å². The molecular weight excluding hydrogens is 240 g/mol. The lowest BCUT2D eigenvalue weighted by Crippen LogP contribution is -2.13. The molecule has 96 valence electrons. The van der Waals surface area contributed by atoms with E-state index >= 15 is 0 Å². The highest BCUT2D eigenvalue weighted by atomic mass is 15.3. The summed E-state index contributed by atoms with van der Waals surface area (Å²) in [5.41, 5.74) is 1.76. The van der Waals surface area contributed by atoms with Crippen molar-refractivity contribution in [2.75, 3.05) is 5.32 Å². The molecule has 0 radical (unpaired) electrons. The predicted octanol–water partition coefficient (Wildman–Crippen LogP) is 1.93. The third kappa shape index (κ3) is 2.24. The van der Waals surface area contributed by atoms with Crippen LogP contribution in [0.1, 0.15) is 18.8 Å². The number of hydrogen-bond donors (Lipinski definition) is 1. The normalized spacial score (nSPS) is 12.5. The van der Waals surface area contributed by atoms with Gasteiger partial charge in [-0.2, -0.15) is 0 Å². The van der Waals surface area contributed by atoms with Gasteiger partial charge in [0.1, 0.15) is 12.1 Å². The first-order chi connectivity index (χ1) is 9.24. The summed E-state index contributed by atoms with van der Waals surface area (Å²) in [4.78, 5) is 8.89. The fourth-order valence-corrected chi connectivity index (χ4v) is 2.00. The topological polar surface area (TPSA) is 68.5 Å². The molecule has 1 atom stereocenters. The average Bonchev–Trinajstić information content (AvgIpc) is 2.85. The number of fused-ring (bicyclic) bond motifs is 1. The minimum atomic E-state index is 0.0166. The van der Waals surface area contributed by atoms with Gasteiger partial charge in [0.15, 0.2) is 5.82 Å². The van der Waals surface area contributed by atoms with Crippen molar-refractivity contribution < 1.29 is 0 Å². The molecule has 0 saturated heterocycles. The number of nitrogens with zero attached hydrogens (tertiary/aromatic N) is 5. The van der Waals surface area contributed by atoms with Gasteiger partial charge in [-0.05, 0) is 19.1 Å². The molecule has 6 heteroatoms. The second kappa shape index (κ2) is 4.64. The summed E-state index contributed by atoms with van der Waals surface area (Å²) in [5.74, 6) is 1.59. The standard InChI is InChI=1S/C13H14N6/c1-9(13-18-15-8-19(13)2)16-12-7-14-10-5-3-4-6-11(10)17-12/h3-9H,1-2H3,(H,16,17). The van der Waals surface area contributed by atoms with Gasteiger partial charge in [-0.15, -0.1) is 10.2 Å². The Morgan fingerprint density at radius 2 is 2.00 bits per heavy atom. The van der Waals surface area contributed by atoms with Gasteiger partial charge in [-0.25, -0.2) is 4.98 Å². The van der Waals surface area contributed by atoms with E-state index in [2.05, 4.69) is 25.5 Å². The van der Waals surface area contributed by atoms with Gasteiger partial charge in [-0.1, -0.05) is 12.1 Å². The van der Waals surface area contributed by atoms with Gasteiger partial charge in [-0.3, -0.25) is 4.98 Å². The van der Waals surface area contributed by atoms with Crippen molar-refractivity contribution in [2.45, 2.75) is 13.0 Å². The van der Waals surface area contributed by atoms with Crippen molar-refractivity contribution in [3.05, 3.63) is 42.6 Å². The van der Waals surface area contributed by atoms with Crippen LogP contribution in [0.4, 0.5) is 5.82 Å². The van der Waals surface area contributed by atoms with Crippen LogP contribution in [0.15, 0.2) is 36.8 Å². The number of para-hydroxylation sites is 2. The molecule has 0 saturated carbocycles. The smallest absolute Gasteiger partial charge is 0.154 e. The molecule has 1 N–H and O–H groups in total. The van der Waals surface area contributed by atoms with Crippen molar-refractivity contribution in [2.24, 2.45) is 7.05 Å². The molecule has 19 heavy (non-hydrogen) atoms. The second-order valence-electron chi connectivity index (χ2n) is 4.41. The maximum Gasteiger partial charge on any atom is 0.154 e. The van der Waals surface area contributed by atoms with Gasteiger partial charge in [0, 0.05) is 7.05 Å². The Hall–Kier alpha value is -2.50. The first kappa shape index (κ1) is 11.6. The minimum Gasteiger partial charge on any atom is -0.359 e. The average molecular weight is 254 g/mol. The number of aryl methyl sites for hydroxylation is 1. The minimum absolute atomic E-state index is 0.0166. The second-order valence-corrected chi connectivity index (χ2v) is 4.41. The number of rotatable bonds is 3. The van der Waals surface area contributed by atoms with Crippen molar-refractivity contribution in [1.29, 1.82) is 0 Å². The van der Waals surface area contributed by atoms with Gasteiger partial charge in [0.2, 0.25) is 0 Å². The quantitative estimate of drug-likeness (QED) is 0.773. The Bertz CT molecular complexity index is 705. The molecule has 0 amide bonds. The van der Waals surface area contributed by atoms with Crippen LogP contribution in [-0.4, -0.2) is 24.7 Å². The van der Waals surface area contributed by atoms with Crippen molar-refractivity contribution in [3.8, 4) is 0 Å². The lowest BCUT2D eigenvalue weighted by Gasteiger charge is -2.13. The Morgan fingerprint density at radius 1 is 1.21 bits per heavy atom. The summed E-state index contributed by atoms with van der Waals surface area (Å²) in [6.45, 7) is 2.01. The summed E-state index contributed by atoms with van der Waals surface area (Å²) < 4.78 is 1.88. The summed E-state index contributed by atoms with van der Waals surface area (Å²) in [5, 5.41) is 11.2. The van der Waals surface area contributed by atoms with E-state index in [1.807, 2.05) is 42.8 Å². The van der Waals surface area contributed by atoms with Crippen LogP contribution in [0.3, 0.4) is 0 Å². The number of nitrogens with one attached hydrogen (secondary N) is 1. The zero-order chi connectivity index (χ0) is 13.2. The molecule has 3 aromatic rings. The SMILES string of the molecule is CC(Nc1cnc2ccccc2n1)c1nncn1C. The van der Waals surface area contributed by atoms with Gasteiger partial charge < -0.3 is 9.88 Å². The monoisotopic (exact) mass is 254 g/mol. The Kier molecular flexibility index (Phi) is 2.83. The highest BCUT2D eigenvalue weighted by Crippen LogP contribution is 2.17. The van der Waals surface area contributed by atoms with E-state index in [0.717, 1.165) is 22.7 Å². The van der Waals surface area contributed by atoms with E-state index in [4.69, 9.17) is 0 Å². The molecule has 3 rings (SSSR count). The van der Waals surface area contributed by atoms with E-state index in [0.29, 0.717) is 0 Å². The van der Waals surface area contributed by atoms with Crippen LogP contribution in [0.2, 0.25) is 0 Å². The Balaban J connectivity index is 1.87. The predicted molar refractivity (Wildman–Crippen MR) is 72.6 cm³/mol. The number of anilines is 1. The Labute approximate surface area is 110 Å². The maximum absolute atomic E-state index is 4.52. The molecule has 0 aliphatic heterocycles. The van der Waals surface area contributed by atoms with E-state index in [1.165, 1.54) is 0 Å². The van der Waals surface area contributed by atoms with Gasteiger partial charge >= 0.3 is 0 Å². The summed E-state index contributed by atoms with van der Waals surface area (Å²) in [7, 11) is 1.92. The van der Waals surface area contributed by atoms with Crippen LogP contribution in [0.25, 0.3) is 11.0 Å². The molecule has 0 aliphatic rings. The largest absolute Gasteiger partial charge is 0.359 e. The van der Waals surface area contributed by atoms with Gasteiger partial charge in [0.05, 0.1) is 23.3 Å². The summed E-state index contributed by atoms with van der Waals surface area (Å²) in [6, 6.07) is 7.81. The third-order valence-electron chi connectivity index (χ3n) is 2.95. The lowest BCUT2D eigenvalue weighted by molar-refractivity contribution is 0.716. The third-order valence-corrected chi connectivity index (χ3v) is 2.95. The van der Waals surface area contributed by atoms with Crippen molar-refractivity contribution >= 4 is 16.9 Å². The highest BCUT2D eigenvalue weighted by Gasteiger charge is 2.11. The highest BCUT2D eigenvalue weighted by molar-refractivity contribution is 5.75.